The third-order valence-electron chi connectivity index (χ3n) is 6.93. The Hall–Kier alpha value is -4.64. The first-order chi connectivity index (χ1) is 20.8. The van der Waals surface area contributed by atoms with Crippen LogP contribution in [0.2, 0.25) is 0 Å². The normalized spacial score (nSPS) is 11.5. The summed E-state index contributed by atoms with van der Waals surface area (Å²) in [5.74, 6) is 1.60. The van der Waals surface area contributed by atoms with Crippen molar-refractivity contribution in [3.8, 4) is 11.5 Å². The number of ether oxygens (including phenoxy) is 3. The highest BCUT2D eigenvalue weighted by atomic mass is 16.5. The molecule has 0 atom stereocenters. The predicted molar refractivity (Wildman–Crippen MR) is 169 cm³/mol. The molecule has 5 aromatic carbocycles. The van der Waals surface area contributed by atoms with E-state index in [1.54, 1.807) is 0 Å². The lowest BCUT2D eigenvalue weighted by molar-refractivity contribution is 0.0889. The zero-order valence-electron chi connectivity index (χ0n) is 23.7. The maximum absolute atomic E-state index is 10.0. The van der Waals surface area contributed by atoms with E-state index in [9.17, 15) is 5.11 Å². The molecule has 0 unspecified atom stereocenters. The maximum atomic E-state index is 10.0. The number of aliphatic hydroxyl groups excluding tert-OH is 1. The van der Waals surface area contributed by atoms with Crippen molar-refractivity contribution < 1.29 is 19.3 Å². The van der Waals surface area contributed by atoms with Crippen molar-refractivity contribution in [1.29, 1.82) is 0 Å². The van der Waals surface area contributed by atoms with Gasteiger partial charge in [-0.05, 0) is 69.6 Å². The lowest BCUT2D eigenvalue weighted by Gasteiger charge is -2.18. The average molecular weight is 557 g/mol. The first-order valence-electron chi connectivity index (χ1n) is 14.3. The van der Waals surface area contributed by atoms with Crippen LogP contribution in [-0.4, -0.2) is 24.9 Å². The summed E-state index contributed by atoms with van der Waals surface area (Å²) in [5.41, 5.74) is 7.62. The third-order valence-corrected chi connectivity index (χ3v) is 6.93. The van der Waals surface area contributed by atoms with Crippen LogP contribution in [0.4, 0.5) is 0 Å². The smallest absolute Gasteiger partial charge is 0.119 e. The fourth-order valence-electron chi connectivity index (χ4n) is 4.84. The molecule has 0 saturated carbocycles. The van der Waals surface area contributed by atoms with Crippen LogP contribution < -0.4 is 9.47 Å². The van der Waals surface area contributed by atoms with Crippen LogP contribution in [0.5, 0.6) is 11.5 Å². The van der Waals surface area contributed by atoms with Crippen LogP contribution in [-0.2, 0) is 18.0 Å². The van der Waals surface area contributed by atoms with Gasteiger partial charge < -0.3 is 19.3 Å². The molecule has 0 saturated heterocycles. The summed E-state index contributed by atoms with van der Waals surface area (Å²) in [7, 11) is 0. The van der Waals surface area contributed by atoms with Gasteiger partial charge in [0.25, 0.3) is 0 Å². The van der Waals surface area contributed by atoms with Crippen molar-refractivity contribution in [3.05, 3.63) is 167 Å². The van der Waals surface area contributed by atoms with Crippen molar-refractivity contribution in [2.75, 3.05) is 19.8 Å². The molecule has 5 rings (SSSR count). The van der Waals surface area contributed by atoms with Gasteiger partial charge in [-0.15, -0.1) is 0 Å². The molecule has 4 heteroatoms. The van der Waals surface area contributed by atoms with E-state index in [2.05, 4.69) is 60.7 Å². The van der Waals surface area contributed by atoms with Gasteiger partial charge >= 0.3 is 0 Å². The molecule has 0 aromatic heterocycles. The standard InChI is InChI=1S/C38H36O4/c39-25-24-37(32-14-8-3-9-15-32)38(34-18-22-36(23-19-34)42-29-31-12-6-2-7-13-31)33-16-20-35(21-17-33)41-27-26-40-28-30-10-4-1-5-11-30/h1-23,39H,24-29H2/b38-37+. The Morgan fingerprint density at radius 2 is 0.976 bits per heavy atom. The van der Waals surface area contributed by atoms with E-state index in [0.29, 0.717) is 32.8 Å². The molecule has 0 bridgehead atoms. The highest BCUT2D eigenvalue weighted by Crippen LogP contribution is 2.35. The molecule has 0 aliphatic carbocycles. The van der Waals surface area contributed by atoms with Crippen LogP contribution in [0.3, 0.4) is 0 Å². The molecule has 42 heavy (non-hydrogen) atoms. The highest BCUT2D eigenvalue weighted by molar-refractivity contribution is 5.98. The van der Waals surface area contributed by atoms with E-state index in [1.165, 1.54) is 0 Å². The van der Waals surface area contributed by atoms with Gasteiger partial charge in [-0.2, -0.15) is 0 Å². The number of benzene rings is 5. The number of rotatable bonds is 14. The molecule has 0 amide bonds. The Bertz CT molecular complexity index is 1510. The third kappa shape index (κ3) is 8.20. The molecule has 0 radical (unpaired) electrons. The summed E-state index contributed by atoms with van der Waals surface area (Å²) in [5, 5.41) is 10.0. The van der Waals surface area contributed by atoms with Gasteiger partial charge in [-0.25, -0.2) is 0 Å². The monoisotopic (exact) mass is 556 g/mol. The molecule has 212 valence electrons. The van der Waals surface area contributed by atoms with Gasteiger partial charge in [0.2, 0.25) is 0 Å². The van der Waals surface area contributed by atoms with Crippen molar-refractivity contribution in [1.82, 2.24) is 0 Å². The average Bonchev–Trinajstić information content (AvgIpc) is 3.06. The Labute approximate surface area is 248 Å². The molecule has 0 spiro atoms. The minimum Gasteiger partial charge on any atom is -0.491 e. The Balaban J connectivity index is 1.33. The SMILES string of the molecule is OCC/C(=C(/c1ccc(OCCOCc2ccccc2)cc1)c1ccc(OCc2ccccc2)cc1)c1ccccc1. The van der Waals surface area contributed by atoms with Crippen LogP contribution in [0, 0.1) is 0 Å². The molecule has 0 aliphatic heterocycles. The summed E-state index contributed by atoms with van der Waals surface area (Å²) in [4.78, 5) is 0. The second-order valence-electron chi connectivity index (χ2n) is 9.90. The number of hydrogen-bond donors (Lipinski definition) is 1. The van der Waals surface area contributed by atoms with Crippen molar-refractivity contribution in [2.45, 2.75) is 19.6 Å². The Kier molecular flexibility index (Phi) is 10.6. The van der Waals surface area contributed by atoms with Gasteiger partial charge in [0.1, 0.15) is 24.7 Å². The minimum atomic E-state index is 0.0518. The van der Waals surface area contributed by atoms with E-state index in [-0.39, 0.29) is 6.61 Å². The van der Waals surface area contributed by atoms with Crippen molar-refractivity contribution in [3.63, 3.8) is 0 Å². The summed E-state index contributed by atoms with van der Waals surface area (Å²) in [6, 6.07) is 46.9. The molecule has 0 fully saturated rings. The fourth-order valence-corrected chi connectivity index (χ4v) is 4.84. The Morgan fingerprint density at radius 1 is 0.476 bits per heavy atom. The van der Waals surface area contributed by atoms with Crippen molar-refractivity contribution in [2.24, 2.45) is 0 Å². The second kappa shape index (κ2) is 15.4. The summed E-state index contributed by atoms with van der Waals surface area (Å²) < 4.78 is 17.8. The first kappa shape index (κ1) is 28.9. The number of aliphatic hydroxyl groups is 1. The molecule has 1 N–H and O–H groups in total. The lowest BCUT2D eigenvalue weighted by Crippen LogP contribution is -2.06. The topological polar surface area (TPSA) is 47.9 Å². The van der Waals surface area contributed by atoms with Crippen molar-refractivity contribution >= 4 is 11.1 Å². The Morgan fingerprint density at radius 3 is 1.52 bits per heavy atom. The molecule has 4 nitrogen and oxygen atoms in total. The maximum Gasteiger partial charge on any atom is 0.119 e. The van der Waals surface area contributed by atoms with E-state index in [4.69, 9.17) is 14.2 Å². The number of hydrogen-bond acceptors (Lipinski definition) is 4. The van der Waals surface area contributed by atoms with E-state index in [1.807, 2.05) is 78.9 Å². The predicted octanol–water partition coefficient (Wildman–Crippen LogP) is 8.20. The first-order valence-corrected chi connectivity index (χ1v) is 14.3. The summed E-state index contributed by atoms with van der Waals surface area (Å²) in [6.45, 7) is 2.12. The van der Waals surface area contributed by atoms with Gasteiger partial charge in [-0.3, -0.25) is 0 Å². The molecule has 0 heterocycles. The molecule has 5 aromatic rings. The van der Waals surface area contributed by atoms with Gasteiger partial charge in [0, 0.05) is 6.61 Å². The molecular weight excluding hydrogens is 520 g/mol. The van der Waals surface area contributed by atoms with Crippen LogP contribution in [0.15, 0.2) is 140 Å². The lowest BCUT2D eigenvalue weighted by atomic mass is 9.88. The second-order valence-corrected chi connectivity index (χ2v) is 9.90. The van der Waals surface area contributed by atoms with Gasteiger partial charge in [0.05, 0.1) is 13.2 Å². The van der Waals surface area contributed by atoms with E-state index >= 15 is 0 Å². The zero-order chi connectivity index (χ0) is 28.8. The molecular formula is C38H36O4. The van der Waals surface area contributed by atoms with E-state index < -0.39 is 0 Å². The summed E-state index contributed by atoms with van der Waals surface area (Å²) in [6.07, 6.45) is 0.530. The highest BCUT2D eigenvalue weighted by Gasteiger charge is 2.15. The van der Waals surface area contributed by atoms with Crippen LogP contribution in [0.1, 0.15) is 34.2 Å². The van der Waals surface area contributed by atoms with Gasteiger partial charge in [-0.1, -0.05) is 115 Å². The molecule has 0 aliphatic rings. The van der Waals surface area contributed by atoms with Crippen LogP contribution >= 0.6 is 0 Å². The van der Waals surface area contributed by atoms with E-state index in [0.717, 1.165) is 50.5 Å². The fraction of sp³-hybridized carbons (Fsp3) is 0.158. The quantitative estimate of drug-likeness (QED) is 0.111. The summed E-state index contributed by atoms with van der Waals surface area (Å²) >= 11 is 0. The van der Waals surface area contributed by atoms with Gasteiger partial charge in [0.15, 0.2) is 0 Å². The largest absolute Gasteiger partial charge is 0.491 e. The minimum absolute atomic E-state index is 0.0518. The van der Waals surface area contributed by atoms with Crippen LogP contribution in [0.25, 0.3) is 11.1 Å². The zero-order valence-corrected chi connectivity index (χ0v) is 23.7.